The Labute approximate surface area is 161 Å². The molecule has 6 nitrogen and oxygen atoms in total. The summed E-state index contributed by atoms with van der Waals surface area (Å²) >= 11 is 0. The molecule has 0 bridgehead atoms. The van der Waals surface area contributed by atoms with E-state index in [-0.39, 0.29) is 5.56 Å². The first-order valence-corrected chi connectivity index (χ1v) is 8.65. The van der Waals surface area contributed by atoms with E-state index in [1.54, 1.807) is 31.4 Å². The van der Waals surface area contributed by atoms with Gasteiger partial charge in [0.2, 0.25) is 0 Å². The van der Waals surface area contributed by atoms with Crippen molar-refractivity contribution < 1.29 is 14.6 Å². The van der Waals surface area contributed by atoms with Gasteiger partial charge in [-0.1, -0.05) is 12.1 Å². The Bertz CT molecular complexity index is 1140. The predicted molar refractivity (Wildman–Crippen MR) is 108 cm³/mol. The summed E-state index contributed by atoms with van der Waals surface area (Å²) in [5.74, 6) is 1.05. The van der Waals surface area contributed by atoms with Gasteiger partial charge in [-0.05, 0) is 60.7 Å². The van der Waals surface area contributed by atoms with Gasteiger partial charge < -0.3 is 15.2 Å². The summed E-state index contributed by atoms with van der Waals surface area (Å²) in [7, 11) is 1.62. The van der Waals surface area contributed by atoms with E-state index in [1.165, 1.54) is 0 Å². The molecule has 0 saturated carbocycles. The zero-order valence-electron chi connectivity index (χ0n) is 15.1. The Morgan fingerprint density at radius 3 is 2.32 bits per heavy atom. The fourth-order valence-corrected chi connectivity index (χ4v) is 2.87. The number of aromatic carboxylic acids is 1. The molecule has 0 saturated heterocycles. The van der Waals surface area contributed by atoms with Crippen LogP contribution in [0.2, 0.25) is 0 Å². The quantitative estimate of drug-likeness (QED) is 0.527. The Balaban J connectivity index is 1.76. The molecule has 0 unspecified atom stereocenters. The van der Waals surface area contributed by atoms with Crippen molar-refractivity contribution in [3.8, 4) is 17.1 Å². The highest BCUT2D eigenvalue weighted by atomic mass is 16.5. The van der Waals surface area contributed by atoms with Crippen molar-refractivity contribution in [2.75, 3.05) is 12.4 Å². The van der Waals surface area contributed by atoms with Crippen molar-refractivity contribution in [1.82, 2.24) is 9.97 Å². The maximum atomic E-state index is 11.0. The summed E-state index contributed by atoms with van der Waals surface area (Å²) in [5.41, 5.74) is 2.66. The van der Waals surface area contributed by atoms with Crippen LogP contribution in [0.1, 0.15) is 10.4 Å². The second-order valence-corrected chi connectivity index (χ2v) is 6.15. The van der Waals surface area contributed by atoms with Gasteiger partial charge in [0.25, 0.3) is 0 Å². The predicted octanol–water partition coefficient (Wildman–Crippen LogP) is 4.75. The first-order chi connectivity index (χ1) is 13.6. The first kappa shape index (κ1) is 17.5. The van der Waals surface area contributed by atoms with E-state index in [2.05, 4.69) is 10.3 Å². The number of aromatic nitrogens is 2. The van der Waals surface area contributed by atoms with Crippen molar-refractivity contribution in [2.24, 2.45) is 0 Å². The number of carbonyl (C=O) groups is 1. The molecule has 2 N–H and O–H groups in total. The van der Waals surface area contributed by atoms with Gasteiger partial charge >= 0.3 is 5.97 Å². The van der Waals surface area contributed by atoms with Crippen molar-refractivity contribution in [3.63, 3.8) is 0 Å². The molecule has 138 valence electrons. The largest absolute Gasteiger partial charge is 0.497 e. The molecule has 6 heteroatoms. The summed E-state index contributed by atoms with van der Waals surface area (Å²) in [6, 6.07) is 21.8. The molecule has 0 aliphatic rings. The van der Waals surface area contributed by atoms with E-state index in [0.29, 0.717) is 11.6 Å². The number of hydrogen-bond donors (Lipinski definition) is 2. The minimum absolute atomic E-state index is 0.233. The van der Waals surface area contributed by atoms with Crippen LogP contribution >= 0.6 is 0 Å². The number of para-hydroxylation sites is 1. The van der Waals surface area contributed by atoms with E-state index in [4.69, 9.17) is 14.8 Å². The van der Waals surface area contributed by atoms with E-state index in [1.807, 2.05) is 48.5 Å². The average Bonchev–Trinajstić information content (AvgIpc) is 2.74. The van der Waals surface area contributed by atoms with Crippen LogP contribution in [0.5, 0.6) is 5.75 Å². The highest BCUT2D eigenvalue weighted by Gasteiger charge is 2.10. The SMILES string of the molecule is COc1ccc(-c2nc(Nc3ccc(C(=O)O)cc3)c3ccccc3n2)cc1. The molecule has 4 aromatic rings. The van der Waals surface area contributed by atoms with Gasteiger partial charge in [0.15, 0.2) is 5.82 Å². The molecule has 0 amide bonds. The molecule has 0 radical (unpaired) electrons. The Morgan fingerprint density at radius 2 is 1.64 bits per heavy atom. The molecule has 0 aliphatic heterocycles. The van der Waals surface area contributed by atoms with Gasteiger partial charge in [-0.3, -0.25) is 0 Å². The topological polar surface area (TPSA) is 84.3 Å². The molecule has 0 spiro atoms. The molecule has 3 aromatic carbocycles. The number of carboxylic acids is 1. The molecule has 4 rings (SSSR count). The number of rotatable bonds is 5. The van der Waals surface area contributed by atoms with Gasteiger partial charge in [0.05, 0.1) is 18.2 Å². The smallest absolute Gasteiger partial charge is 0.335 e. The molecule has 28 heavy (non-hydrogen) atoms. The van der Waals surface area contributed by atoms with Crippen LogP contribution in [0.15, 0.2) is 72.8 Å². The van der Waals surface area contributed by atoms with Crippen LogP contribution in [0.25, 0.3) is 22.3 Å². The lowest BCUT2D eigenvalue weighted by atomic mass is 10.1. The minimum Gasteiger partial charge on any atom is -0.497 e. The lowest BCUT2D eigenvalue weighted by molar-refractivity contribution is 0.0697. The van der Waals surface area contributed by atoms with Crippen LogP contribution in [-0.2, 0) is 0 Å². The third-order valence-electron chi connectivity index (χ3n) is 4.35. The summed E-state index contributed by atoms with van der Waals surface area (Å²) in [6.45, 7) is 0. The minimum atomic E-state index is -0.958. The number of ether oxygens (including phenoxy) is 1. The maximum Gasteiger partial charge on any atom is 0.335 e. The fourth-order valence-electron chi connectivity index (χ4n) is 2.87. The van der Waals surface area contributed by atoms with Gasteiger partial charge in [-0.25, -0.2) is 14.8 Å². The monoisotopic (exact) mass is 371 g/mol. The van der Waals surface area contributed by atoms with Crippen LogP contribution in [0, 0.1) is 0 Å². The second kappa shape index (κ2) is 7.36. The first-order valence-electron chi connectivity index (χ1n) is 8.65. The number of benzene rings is 3. The number of methoxy groups -OCH3 is 1. The highest BCUT2D eigenvalue weighted by molar-refractivity contribution is 5.93. The zero-order valence-corrected chi connectivity index (χ0v) is 15.1. The third-order valence-corrected chi connectivity index (χ3v) is 4.35. The Hall–Kier alpha value is -3.93. The number of hydrogen-bond acceptors (Lipinski definition) is 5. The zero-order chi connectivity index (χ0) is 19.5. The van der Waals surface area contributed by atoms with Crippen molar-refractivity contribution in [1.29, 1.82) is 0 Å². The number of nitrogens with one attached hydrogen (secondary N) is 1. The van der Waals surface area contributed by atoms with E-state index in [0.717, 1.165) is 27.9 Å². The molecule has 0 aliphatic carbocycles. The van der Waals surface area contributed by atoms with E-state index < -0.39 is 5.97 Å². The maximum absolute atomic E-state index is 11.0. The van der Waals surface area contributed by atoms with Crippen molar-refractivity contribution >= 4 is 28.4 Å². The van der Waals surface area contributed by atoms with Crippen LogP contribution in [0.4, 0.5) is 11.5 Å². The molecule has 1 aromatic heterocycles. The molecular weight excluding hydrogens is 354 g/mol. The molecular formula is C22H17N3O3. The van der Waals surface area contributed by atoms with Gasteiger partial charge in [0.1, 0.15) is 11.6 Å². The van der Waals surface area contributed by atoms with Gasteiger partial charge in [-0.15, -0.1) is 0 Å². The molecule has 0 fully saturated rings. The fraction of sp³-hybridized carbons (Fsp3) is 0.0455. The summed E-state index contributed by atoms with van der Waals surface area (Å²) in [4.78, 5) is 20.4. The van der Waals surface area contributed by atoms with E-state index >= 15 is 0 Å². The number of nitrogens with zero attached hydrogens (tertiary/aromatic N) is 2. The average molecular weight is 371 g/mol. The van der Waals surface area contributed by atoms with Gasteiger partial charge in [0, 0.05) is 16.6 Å². The summed E-state index contributed by atoms with van der Waals surface area (Å²) in [6.07, 6.45) is 0. The Morgan fingerprint density at radius 1 is 0.929 bits per heavy atom. The summed E-state index contributed by atoms with van der Waals surface area (Å²) in [5, 5.41) is 13.2. The second-order valence-electron chi connectivity index (χ2n) is 6.15. The standard InChI is InChI=1S/C22H17N3O3/c1-28-17-12-8-14(9-13-17)20-24-19-5-3-2-4-18(19)21(25-20)23-16-10-6-15(7-11-16)22(26)27/h2-13H,1H3,(H,26,27)(H,23,24,25). The van der Waals surface area contributed by atoms with Gasteiger partial charge in [-0.2, -0.15) is 0 Å². The van der Waals surface area contributed by atoms with Crippen LogP contribution in [-0.4, -0.2) is 28.2 Å². The lowest BCUT2D eigenvalue weighted by Crippen LogP contribution is -2.00. The lowest BCUT2D eigenvalue weighted by Gasteiger charge is -2.11. The highest BCUT2D eigenvalue weighted by Crippen LogP contribution is 2.28. The Kier molecular flexibility index (Phi) is 4.60. The number of fused-ring (bicyclic) bond motifs is 1. The summed E-state index contributed by atoms with van der Waals surface area (Å²) < 4.78 is 5.21. The van der Waals surface area contributed by atoms with Crippen LogP contribution < -0.4 is 10.1 Å². The van der Waals surface area contributed by atoms with Crippen molar-refractivity contribution in [2.45, 2.75) is 0 Å². The third kappa shape index (κ3) is 3.48. The normalized spacial score (nSPS) is 10.6. The number of anilines is 2. The molecule has 0 atom stereocenters. The van der Waals surface area contributed by atoms with Crippen molar-refractivity contribution in [3.05, 3.63) is 78.4 Å². The van der Waals surface area contributed by atoms with E-state index in [9.17, 15) is 4.79 Å². The number of carboxylic acid groups (broad SMARTS) is 1. The van der Waals surface area contributed by atoms with Crippen LogP contribution in [0.3, 0.4) is 0 Å². The molecule has 1 heterocycles.